The van der Waals surface area contributed by atoms with E-state index < -0.39 is 0 Å². The van der Waals surface area contributed by atoms with Gasteiger partial charge in [-0.3, -0.25) is 4.90 Å². The van der Waals surface area contributed by atoms with Gasteiger partial charge in [-0.05, 0) is 19.4 Å². The first-order chi connectivity index (χ1) is 9.72. The van der Waals surface area contributed by atoms with E-state index in [1.54, 1.807) is 0 Å². The standard InChI is InChI=1S/C17H28N2O/c1-3-4-5-6-16(19-11-9-18-10-12-19)15-13-14(2)7-8-17(15)20/h7-8,13,16,18,20H,3-6,9-12H2,1-2H3/t16-/m1/s1. The molecule has 0 aliphatic carbocycles. The first kappa shape index (κ1) is 15.3. The molecule has 0 spiro atoms. The maximum atomic E-state index is 10.3. The van der Waals surface area contributed by atoms with Gasteiger partial charge in [-0.15, -0.1) is 0 Å². The summed E-state index contributed by atoms with van der Waals surface area (Å²) in [7, 11) is 0. The normalized spacial score (nSPS) is 18.1. The van der Waals surface area contributed by atoms with Crippen LogP contribution in [-0.2, 0) is 0 Å². The summed E-state index contributed by atoms with van der Waals surface area (Å²) in [6.45, 7) is 8.59. The van der Waals surface area contributed by atoms with Gasteiger partial charge < -0.3 is 10.4 Å². The average molecular weight is 276 g/mol. The number of hydrogen-bond donors (Lipinski definition) is 2. The van der Waals surface area contributed by atoms with Crippen LogP contribution in [0.25, 0.3) is 0 Å². The van der Waals surface area contributed by atoms with Crippen LogP contribution in [0.4, 0.5) is 0 Å². The highest BCUT2D eigenvalue weighted by Gasteiger charge is 2.24. The third-order valence-electron chi connectivity index (χ3n) is 4.22. The van der Waals surface area contributed by atoms with Crippen molar-refractivity contribution in [1.29, 1.82) is 0 Å². The quantitative estimate of drug-likeness (QED) is 0.783. The summed E-state index contributed by atoms with van der Waals surface area (Å²) < 4.78 is 0. The van der Waals surface area contributed by atoms with Crippen LogP contribution >= 0.6 is 0 Å². The molecular weight excluding hydrogens is 248 g/mol. The number of piperazine rings is 1. The van der Waals surface area contributed by atoms with Gasteiger partial charge in [0.15, 0.2) is 0 Å². The first-order valence-electron chi connectivity index (χ1n) is 7.96. The Morgan fingerprint density at radius 3 is 2.70 bits per heavy atom. The molecule has 1 fully saturated rings. The second kappa shape index (κ2) is 7.65. The van der Waals surface area contributed by atoms with Crippen LogP contribution in [0.15, 0.2) is 18.2 Å². The Kier molecular flexibility index (Phi) is 5.86. The molecule has 0 aromatic heterocycles. The highest BCUT2D eigenvalue weighted by Crippen LogP contribution is 2.33. The third-order valence-corrected chi connectivity index (χ3v) is 4.22. The Morgan fingerprint density at radius 1 is 1.25 bits per heavy atom. The van der Waals surface area contributed by atoms with E-state index in [9.17, 15) is 5.11 Å². The minimum absolute atomic E-state index is 0.364. The molecule has 0 saturated carbocycles. The molecule has 0 radical (unpaired) electrons. The molecule has 20 heavy (non-hydrogen) atoms. The zero-order chi connectivity index (χ0) is 14.4. The summed E-state index contributed by atoms with van der Waals surface area (Å²) in [6.07, 6.45) is 4.90. The lowest BCUT2D eigenvalue weighted by Gasteiger charge is -2.35. The lowest BCUT2D eigenvalue weighted by molar-refractivity contribution is 0.160. The van der Waals surface area contributed by atoms with Crippen LogP contribution in [0.3, 0.4) is 0 Å². The number of benzene rings is 1. The highest BCUT2D eigenvalue weighted by molar-refractivity contribution is 5.38. The van der Waals surface area contributed by atoms with Crippen molar-refractivity contribution in [2.24, 2.45) is 0 Å². The van der Waals surface area contributed by atoms with Crippen molar-refractivity contribution in [2.75, 3.05) is 26.2 Å². The Hall–Kier alpha value is -1.06. The molecule has 1 atom stereocenters. The number of aryl methyl sites for hydroxylation is 1. The number of aromatic hydroxyl groups is 1. The van der Waals surface area contributed by atoms with Crippen molar-refractivity contribution < 1.29 is 5.11 Å². The van der Waals surface area contributed by atoms with Crippen molar-refractivity contribution in [3.63, 3.8) is 0 Å². The molecule has 1 aromatic rings. The van der Waals surface area contributed by atoms with Crippen LogP contribution in [0.5, 0.6) is 5.75 Å². The summed E-state index contributed by atoms with van der Waals surface area (Å²) in [6, 6.07) is 6.36. The fourth-order valence-corrected chi connectivity index (χ4v) is 3.06. The molecule has 1 aromatic carbocycles. The molecule has 3 nitrogen and oxygen atoms in total. The topological polar surface area (TPSA) is 35.5 Å². The minimum atomic E-state index is 0.364. The Labute approximate surface area is 123 Å². The van der Waals surface area contributed by atoms with Crippen LogP contribution in [0.2, 0.25) is 0 Å². The SMILES string of the molecule is CCCCC[C@H](c1cc(C)ccc1O)N1CCNCC1. The Morgan fingerprint density at radius 2 is 2.00 bits per heavy atom. The van der Waals surface area contributed by atoms with E-state index in [2.05, 4.69) is 30.1 Å². The molecule has 1 aliphatic rings. The van der Waals surface area contributed by atoms with E-state index >= 15 is 0 Å². The van der Waals surface area contributed by atoms with Crippen LogP contribution in [0.1, 0.15) is 49.8 Å². The summed E-state index contributed by atoms with van der Waals surface area (Å²) >= 11 is 0. The minimum Gasteiger partial charge on any atom is -0.508 e. The number of phenolic OH excluding ortho intramolecular Hbond substituents is 1. The second-order valence-corrected chi connectivity index (χ2v) is 5.86. The van der Waals surface area contributed by atoms with Crippen LogP contribution in [-0.4, -0.2) is 36.2 Å². The maximum Gasteiger partial charge on any atom is 0.120 e. The fraction of sp³-hybridized carbons (Fsp3) is 0.647. The highest BCUT2D eigenvalue weighted by atomic mass is 16.3. The molecule has 2 rings (SSSR count). The molecule has 2 N–H and O–H groups in total. The van der Waals surface area contributed by atoms with Gasteiger partial charge in [0.2, 0.25) is 0 Å². The van der Waals surface area contributed by atoms with Crippen molar-refractivity contribution in [3.05, 3.63) is 29.3 Å². The van der Waals surface area contributed by atoms with E-state index in [0.29, 0.717) is 11.8 Å². The van der Waals surface area contributed by atoms with Crippen LogP contribution < -0.4 is 5.32 Å². The lowest BCUT2D eigenvalue weighted by Crippen LogP contribution is -2.45. The lowest BCUT2D eigenvalue weighted by atomic mass is 9.96. The summed E-state index contributed by atoms with van der Waals surface area (Å²) in [5.74, 6) is 0.454. The van der Waals surface area contributed by atoms with Crippen molar-refractivity contribution in [1.82, 2.24) is 10.2 Å². The van der Waals surface area contributed by atoms with E-state index in [1.165, 1.54) is 24.8 Å². The number of nitrogens with zero attached hydrogens (tertiary/aromatic N) is 1. The zero-order valence-electron chi connectivity index (χ0n) is 12.9. The fourth-order valence-electron chi connectivity index (χ4n) is 3.06. The van der Waals surface area contributed by atoms with Gasteiger partial charge in [-0.2, -0.15) is 0 Å². The molecule has 0 bridgehead atoms. The summed E-state index contributed by atoms with van der Waals surface area (Å²) in [4.78, 5) is 2.53. The molecule has 1 saturated heterocycles. The molecule has 3 heteroatoms. The number of phenols is 1. The van der Waals surface area contributed by atoms with E-state index in [1.807, 2.05) is 12.1 Å². The number of rotatable bonds is 6. The van der Waals surface area contributed by atoms with Crippen molar-refractivity contribution in [2.45, 2.75) is 45.6 Å². The summed E-state index contributed by atoms with van der Waals surface area (Å²) in [5, 5.41) is 13.7. The summed E-state index contributed by atoms with van der Waals surface area (Å²) in [5.41, 5.74) is 2.34. The number of hydrogen-bond acceptors (Lipinski definition) is 3. The third kappa shape index (κ3) is 3.97. The molecular formula is C17H28N2O. The molecule has 1 aliphatic heterocycles. The largest absolute Gasteiger partial charge is 0.508 e. The van der Waals surface area contributed by atoms with Crippen molar-refractivity contribution >= 4 is 0 Å². The number of unbranched alkanes of at least 4 members (excludes halogenated alkanes) is 2. The first-order valence-corrected chi connectivity index (χ1v) is 7.96. The van der Waals surface area contributed by atoms with Gasteiger partial charge in [-0.25, -0.2) is 0 Å². The Balaban J connectivity index is 2.17. The van der Waals surface area contributed by atoms with Crippen molar-refractivity contribution in [3.8, 4) is 5.75 Å². The van der Waals surface area contributed by atoms with Gasteiger partial charge in [0.1, 0.15) is 5.75 Å². The Bertz CT molecular complexity index is 413. The predicted octanol–water partition coefficient (Wildman–Crippen LogP) is 3.23. The van der Waals surface area contributed by atoms with Crippen LogP contribution in [0, 0.1) is 6.92 Å². The van der Waals surface area contributed by atoms with Gasteiger partial charge in [0.05, 0.1) is 0 Å². The van der Waals surface area contributed by atoms with Gasteiger partial charge in [-0.1, -0.05) is 43.9 Å². The predicted molar refractivity (Wildman–Crippen MR) is 84.2 cm³/mol. The van der Waals surface area contributed by atoms with Gasteiger partial charge >= 0.3 is 0 Å². The zero-order valence-corrected chi connectivity index (χ0v) is 12.9. The number of nitrogens with one attached hydrogen (secondary N) is 1. The van der Waals surface area contributed by atoms with E-state index in [4.69, 9.17) is 0 Å². The molecule has 0 amide bonds. The van der Waals surface area contributed by atoms with E-state index in [0.717, 1.165) is 38.2 Å². The van der Waals surface area contributed by atoms with Gasteiger partial charge in [0, 0.05) is 37.8 Å². The smallest absolute Gasteiger partial charge is 0.120 e. The van der Waals surface area contributed by atoms with Gasteiger partial charge in [0.25, 0.3) is 0 Å². The molecule has 112 valence electrons. The molecule has 0 unspecified atom stereocenters. The second-order valence-electron chi connectivity index (χ2n) is 5.86. The average Bonchev–Trinajstić information content (AvgIpc) is 2.48. The maximum absolute atomic E-state index is 10.3. The monoisotopic (exact) mass is 276 g/mol. The van der Waals surface area contributed by atoms with E-state index in [-0.39, 0.29) is 0 Å². The molecule has 1 heterocycles.